The Labute approximate surface area is 116 Å². The average molecular weight is 273 g/mol. The van der Waals surface area contributed by atoms with Crippen molar-refractivity contribution < 1.29 is 14.6 Å². The van der Waals surface area contributed by atoms with Gasteiger partial charge in [0.2, 0.25) is 5.88 Å². The molecule has 2 rings (SSSR count). The topological polar surface area (TPSA) is 77.2 Å². The van der Waals surface area contributed by atoms with E-state index in [2.05, 4.69) is 10.1 Å². The lowest BCUT2D eigenvalue weighted by Gasteiger charge is -2.06. The van der Waals surface area contributed by atoms with Crippen LogP contribution in [-0.4, -0.2) is 25.8 Å². The van der Waals surface area contributed by atoms with Crippen LogP contribution in [0.25, 0.3) is 6.08 Å². The van der Waals surface area contributed by atoms with E-state index in [9.17, 15) is 4.79 Å². The molecule has 0 aliphatic rings. The zero-order valence-corrected chi connectivity index (χ0v) is 11.5. The van der Waals surface area contributed by atoms with Crippen LogP contribution in [0.3, 0.4) is 0 Å². The Morgan fingerprint density at radius 1 is 1.40 bits per heavy atom. The maximum Gasteiger partial charge on any atom is 0.328 e. The molecule has 0 radical (unpaired) electrons. The first-order valence-electron chi connectivity index (χ1n) is 6.02. The molecule has 2 aromatic rings. The SMILES string of the molecule is Cc1ccc(Oc2c(C=CC(=O)O)c(C)nn2C)cn1. The minimum atomic E-state index is -1.02. The summed E-state index contributed by atoms with van der Waals surface area (Å²) in [7, 11) is 1.74. The number of carbonyl (C=O) groups is 1. The van der Waals surface area contributed by atoms with Crippen LogP contribution in [0.4, 0.5) is 0 Å². The number of carboxylic acid groups (broad SMARTS) is 1. The zero-order valence-electron chi connectivity index (χ0n) is 11.5. The van der Waals surface area contributed by atoms with E-state index in [4.69, 9.17) is 9.84 Å². The molecule has 0 amide bonds. The molecule has 6 nitrogen and oxygen atoms in total. The van der Waals surface area contributed by atoms with Crippen LogP contribution in [0.2, 0.25) is 0 Å². The van der Waals surface area contributed by atoms with E-state index in [0.29, 0.717) is 22.9 Å². The number of nitrogens with zero attached hydrogens (tertiary/aromatic N) is 3. The highest BCUT2D eigenvalue weighted by Gasteiger charge is 2.13. The molecule has 2 heterocycles. The number of hydrogen-bond donors (Lipinski definition) is 1. The van der Waals surface area contributed by atoms with E-state index in [1.54, 1.807) is 30.9 Å². The largest absolute Gasteiger partial charge is 0.478 e. The van der Waals surface area contributed by atoms with Gasteiger partial charge in [-0.1, -0.05) is 0 Å². The van der Waals surface area contributed by atoms with Crippen molar-refractivity contribution in [2.75, 3.05) is 0 Å². The Morgan fingerprint density at radius 2 is 2.15 bits per heavy atom. The Balaban J connectivity index is 2.35. The highest BCUT2D eigenvalue weighted by Crippen LogP contribution is 2.27. The Morgan fingerprint density at radius 3 is 2.75 bits per heavy atom. The highest BCUT2D eigenvalue weighted by molar-refractivity contribution is 5.86. The van der Waals surface area contributed by atoms with Crippen molar-refractivity contribution in [3.05, 3.63) is 41.4 Å². The Bertz CT molecular complexity index is 657. The summed E-state index contributed by atoms with van der Waals surface area (Å²) in [4.78, 5) is 14.8. The van der Waals surface area contributed by atoms with Crippen LogP contribution in [-0.2, 0) is 11.8 Å². The number of aromatic nitrogens is 3. The van der Waals surface area contributed by atoms with Crippen molar-refractivity contribution in [2.45, 2.75) is 13.8 Å². The molecule has 6 heteroatoms. The molecule has 20 heavy (non-hydrogen) atoms. The summed E-state index contributed by atoms with van der Waals surface area (Å²) in [6.45, 7) is 3.68. The number of rotatable bonds is 4. The highest BCUT2D eigenvalue weighted by atomic mass is 16.5. The van der Waals surface area contributed by atoms with Gasteiger partial charge in [0.1, 0.15) is 5.75 Å². The third-order valence-electron chi connectivity index (χ3n) is 2.71. The van der Waals surface area contributed by atoms with Crippen LogP contribution >= 0.6 is 0 Å². The van der Waals surface area contributed by atoms with E-state index in [0.717, 1.165) is 11.8 Å². The summed E-state index contributed by atoms with van der Waals surface area (Å²) in [6.07, 6.45) is 4.15. The average Bonchev–Trinajstić information content (AvgIpc) is 2.64. The summed E-state index contributed by atoms with van der Waals surface area (Å²) < 4.78 is 7.31. The predicted octanol–water partition coefficient (Wildman–Crippen LogP) is 2.32. The first kappa shape index (κ1) is 13.8. The fourth-order valence-corrected chi connectivity index (χ4v) is 1.75. The summed E-state index contributed by atoms with van der Waals surface area (Å²) in [5, 5.41) is 12.9. The lowest BCUT2D eigenvalue weighted by Crippen LogP contribution is -1.96. The van der Waals surface area contributed by atoms with Gasteiger partial charge in [-0.3, -0.25) is 4.98 Å². The second kappa shape index (κ2) is 5.56. The third kappa shape index (κ3) is 3.03. The standard InChI is InChI=1S/C14H15N3O3/c1-9-4-5-11(8-15-9)20-14-12(6-7-13(18)19)10(2)16-17(14)3/h4-8H,1-3H3,(H,18,19). The van der Waals surface area contributed by atoms with Crippen molar-refractivity contribution in [1.29, 1.82) is 0 Å². The van der Waals surface area contributed by atoms with Gasteiger partial charge in [-0.2, -0.15) is 5.10 Å². The quantitative estimate of drug-likeness (QED) is 0.865. The fourth-order valence-electron chi connectivity index (χ4n) is 1.75. The number of ether oxygens (including phenoxy) is 1. The third-order valence-corrected chi connectivity index (χ3v) is 2.71. The molecule has 0 bridgehead atoms. The van der Waals surface area contributed by atoms with Crippen LogP contribution in [0.5, 0.6) is 11.6 Å². The van der Waals surface area contributed by atoms with Crippen molar-refractivity contribution in [3.8, 4) is 11.6 Å². The molecule has 0 unspecified atom stereocenters. The normalized spacial score (nSPS) is 10.9. The van der Waals surface area contributed by atoms with Gasteiger partial charge in [0.05, 0.1) is 17.5 Å². The first-order valence-corrected chi connectivity index (χ1v) is 6.02. The van der Waals surface area contributed by atoms with Gasteiger partial charge in [0.15, 0.2) is 0 Å². The van der Waals surface area contributed by atoms with Crippen LogP contribution in [0.1, 0.15) is 17.0 Å². The summed E-state index contributed by atoms with van der Waals surface area (Å²) in [5.74, 6) is 0.0328. The van der Waals surface area contributed by atoms with Crippen LogP contribution < -0.4 is 4.74 Å². The Hall–Kier alpha value is -2.63. The first-order chi connectivity index (χ1) is 9.47. The van der Waals surface area contributed by atoms with Crippen molar-refractivity contribution >= 4 is 12.0 Å². The van der Waals surface area contributed by atoms with Crippen LogP contribution in [0, 0.1) is 13.8 Å². The van der Waals surface area contributed by atoms with Gasteiger partial charge in [-0.15, -0.1) is 0 Å². The predicted molar refractivity (Wildman–Crippen MR) is 73.7 cm³/mol. The van der Waals surface area contributed by atoms with E-state index >= 15 is 0 Å². The molecule has 2 aromatic heterocycles. The molecule has 0 aliphatic carbocycles. The van der Waals surface area contributed by atoms with Gasteiger partial charge in [-0.25, -0.2) is 9.48 Å². The monoisotopic (exact) mass is 273 g/mol. The molecule has 0 aliphatic heterocycles. The van der Waals surface area contributed by atoms with Crippen molar-refractivity contribution in [3.63, 3.8) is 0 Å². The zero-order chi connectivity index (χ0) is 14.7. The van der Waals surface area contributed by atoms with E-state index in [-0.39, 0.29) is 0 Å². The maximum atomic E-state index is 10.6. The number of hydrogen-bond acceptors (Lipinski definition) is 4. The lowest BCUT2D eigenvalue weighted by molar-refractivity contribution is -0.131. The maximum absolute atomic E-state index is 10.6. The molecular weight excluding hydrogens is 258 g/mol. The molecule has 0 saturated heterocycles. The molecule has 0 saturated carbocycles. The molecule has 0 aromatic carbocycles. The van der Waals surface area contributed by atoms with Gasteiger partial charge in [0.25, 0.3) is 0 Å². The summed E-state index contributed by atoms with van der Waals surface area (Å²) >= 11 is 0. The van der Waals surface area contributed by atoms with E-state index in [1.807, 2.05) is 13.0 Å². The number of aliphatic carboxylic acids is 1. The fraction of sp³-hybridized carbons (Fsp3) is 0.214. The second-order valence-electron chi connectivity index (χ2n) is 4.34. The lowest BCUT2D eigenvalue weighted by atomic mass is 10.2. The molecule has 104 valence electrons. The van der Waals surface area contributed by atoms with E-state index in [1.165, 1.54) is 6.08 Å². The van der Waals surface area contributed by atoms with Crippen molar-refractivity contribution in [2.24, 2.45) is 7.05 Å². The smallest absolute Gasteiger partial charge is 0.328 e. The number of aryl methyl sites for hydroxylation is 3. The number of carboxylic acids is 1. The van der Waals surface area contributed by atoms with Gasteiger partial charge < -0.3 is 9.84 Å². The summed E-state index contributed by atoms with van der Waals surface area (Å²) in [6, 6.07) is 3.64. The van der Waals surface area contributed by atoms with Gasteiger partial charge in [0, 0.05) is 18.8 Å². The molecule has 0 atom stereocenters. The van der Waals surface area contributed by atoms with Crippen molar-refractivity contribution in [1.82, 2.24) is 14.8 Å². The molecule has 1 N–H and O–H groups in total. The molecule has 0 fully saturated rings. The van der Waals surface area contributed by atoms with Gasteiger partial charge in [-0.05, 0) is 32.1 Å². The minimum absolute atomic E-state index is 0.477. The minimum Gasteiger partial charge on any atom is -0.478 e. The second-order valence-corrected chi connectivity index (χ2v) is 4.34. The molecule has 0 spiro atoms. The number of pyridine rings is 1. The van der Waals surface area contributed by atoms with Crippen LogP contribution in [0.15, 0.2) is 24.4 Å². The Kier molecular flexibility index (Phi) is 3.84. The van der Waals surface area contributed by atoms with E-state index < -0.39 is 5.97 Å². The summed E-state index contributed by atoms with van der Waals surface area (Å²) in [5.41, 5.74) is 2.22. The molecular formula is C14H15N3O3. The van der Waals surface area contributed by atoms with Gasteiger partial charge >= 0.3 is 5.97 Å².